The van der Waals surface area contributed by atoms with Crippen molar-refractivity contribution in [3.8, 4) is 11.4 Å². The van der Waals surface area contributed by atoms with Gasteiger partial charge in [-0.1, -0.05) is 0 Å². The predicted molar refractivity (Wildman–Crippen MR) is 130 cm³/mol. The van der Waals surface area contributed by atoms with E-state index in [-0.39, 0.29) is 11.1 Å². The minimum Gasteiger partial charge on any atom is -0.341 e. The van der Waals surface area contributed by atoms with Crippen molar-refractivity contribution in [2.24, 2.45) is 5.92 Å². The molecule has 2 aliphatic heterocycles. The van der Waals surface area contributed by atoms with E-state index in [4.69, 9.17) is 0 Å². The summed E-state index contributed by atoms with van der Waals surface area (Å²) < 4.78 is 14.0. The van der Waals surface area contributed by atoms with Gasteiger partial charge in [0.05, 0.1) is 27.7 Å². The van der Waals surface area contributed by atoms with Gasteiger partial charge in [0.2, 0.25) is 5.95 Å². The molecule has 0 saturated carbocycles. The average molecular weight is 495 g/mol. The molecular weight excluding hydrogens is 471 g/mol. The molecule has 0 radical (unpaired) electrons. The predicted octanol–water partition coefficient (Wildman–Crippen LogP) is 2.73. The summed E-state index contributed by atoms with van der Waals surface area (Å²) in [5.41, 5.74) is 2.44. The lowest BCUT2D eigenvalue weighted by Crippen LogP contribution is -2.38. The van der Waals surface area contributed by atoms with Crippen LogP contribution in [0.15, 0.2) is 41.6 Å². The molecule has 3 aromatic heterocycles. The Kier molecular flexibility index (Phi) is 6.82. The summed E-state index contributed by atoms with van der Waals surface area (Å²) in [6.45, 7) is 2.90. The van der Waals surface area contributed by atoms with Crippen LogP contribution in [-0.4, -0.2) is 55.9 Å². The average Bonchev–Trinajstić information content (AvgIpc) is 3.49. The summed E-state index contributed by atoms with van der Waals surface area (Å²) in [4.78, 5) is 39.0. The van der Waals surface area contributed by atoms with Crippen molar-refractivity contribution in [1.29, 1.82) is 0 Å². The van der Waals surface area contributed by atoms with Crippen molar-refractivity contribution in [3.63, 3.8) is 0 Å². The Labute approximate surface area is 204 Å². The number of carbonyl (C=O) groups excluding carboxylic acids is 2. The van der Waals surface area contributed by atoms with Crippen LogP contribution in [0.25, 0.3) is 17.5 Å². The second kappa shape index (κ2) is 10.3. The number of aromatic amines is 1. The first kappa shape index (κ1) is 23.1. The van der Waals surface area contributed by atoms with E-state index in [0.29, 0.717) is 46.1 Å². The molecule has 0 atom stereocenters. The molecule has 0 bridgehead atoms. The standard InChI is InChI=1S/C23H23FN8O2S/c24-15-9-17(28-19(10-15)18-2-6-27-31-18)13-25-12-14-3-7-32(8-4-14)22-26-5-1-16(29-22)11-20-21(33)30-23(34)35-20/h1-2,5-6,9-11,14,25H,3-4,7-8,12-13H2,(H,27,31)(H,30,33,34)/b20-11+. The van der Waals surface area contributed by atoms with E-state index in [1.807, 2.05) is 0 Å². The van der Waals surface area contributed by atoms with Crippen LogP contribution in [0.4, 0.5) is 15.1 Å². The van der Waals surface area contributed by atoms with Gasteiger partial charge in [-0.3, -0.25) is 20.0 Å². The van der Waals surface area contributed by atoms with Gasteiger partial charge < -0.3 is 10.2 Å². The van der Waals surface area contributed by atoms with Crippen LogP contribution in [0.1, 0.15) is 24.2 Å². The topological polar surface area (TPSA) is 129 Å². The van der Waals surface area contributed by atoms with Gasteiger partial charge in [-0.15, -0.1) is 0 Å². The third kappa shape index (κ3) is 5.72. The normalized spacial score (nSPS) is 17.9. The summed E-state index contributed by atoms with van der Waals surface area (Å²) in [6.07, 6.45) is 6.80. The van der Waals surface area contributed by atoms with E-state index in [2.05, 4.69) is 40.7 Å². The molecule has 0 unspecified atom stereocenters. The van der Waals surface area contributed by atoms with Gasteiger partial charge in [-0.25, -0.2) is 19.3 Å². The maximum atomic E-state index is 14.0. The number of hydrogen-bond acceptors (Lipinski definition) is 9. The number of aromatic nitrogens is 5. The van der Waals surface area contributed by atoms with Crippen LogP contribution in [0.5, 0.6) is 0 Å². The molecule has 12 heteroatoms. The van der Waals surface area contributed by atoms with Gasteiger partial charge in [0.15, 0.2) is 0 Å². The van der Waals surface area contributed by atoms with Crippen LogP contribution < -0.4 is 15.5 Å². The second-order valence-corrected chi connectivity index (χ2v) is 9.34. The number of H-pyrrole nitrogens is 1. The lowest BCUT2D eigenvalue weighted by molar-refractivity contribution is -0.115. The van der Waals surface area contributed by atoms with Gasteiger partial charge in [-0.05, 0) is 61.3 Å². The molecule has 2 amide bonds. The fourth-order valence-corrected chi connectivity index (χ4v) is 4.74. The number of rotatable bonds is 7. The third-order valence-electron chi connectivity index (χ3n) is 5.84. The summed E-state index contributed by atoms with van der Waals surface area (Å²) in [7, 11) is 0. The summed E-state index contributed by atoms with van der Waals surface area (Å²) in [5.74, 6) is 0.350. The van der Waals surface area contributed by atoms with Crippen molar-refractivity contribution in [2.45, 2.75) is 19.4 Å². The quantitative estimate of drug-likeness (QED) is 0.425. The molecule has 5 rings (SSSR count). The van der Waals surface area contributed by atoms with Crippen molar-refractivity contribution < 1.29 is 14.0 Å². The Hall–Kier alpha value is -3.64. The number of anilines is 1. The summed E-state index contributed by atoms with van der Waals surface area (Å²) >= 11 is 0.868. The molecule has 10 nitrogen and oxygen atoms in total. The van der Waals surface area contributed by atoms with Gasteiger partial charge in [0.1, 0.15) is 5.82 Å². The van der Waals surface area contributed by atoms with E-state index in [0.717, 1.165) is 44.2 Å². The minimum atomic E-state index is -0.403. The lowest BCUT2D eigenvalue weighted by Gasteiger charge is -2.32. The Morgan fingerprint density at radius 2 is 2.03 bits per heavy atom. The zero-order valence-corrected chi connectivity index (χ0v) is 19.5. The lowest BCUT2D eigenvalue weighted by atomic mass is 9.97. The van der Waals surface area contributed by atoms with E-state index >= 15 is 0 Å². The highest BCUT2D eigenvalue weighted by Gasteiger charge is 2.25. The number of pyridine rings is 1. The highest BCUT2D eigenvalue weighted by Crippen LogP contribution is 2.26. The fraction of sp³-hybridized carbons (Fsp3) is 0.304. The number of piperidine rings is 1. The smallest absolute Gasteiger partial charge is 0.290 e. The minimum absolute atomic E-state index is 0.327. The summed E-state index contributed by atoms with van der Waals surface area (Å²) in [6, 6.07) is 6.30. The molecule has 2 fully saturated rings. The van der Waals surface area contributed by atoms with Gasteiger partial charge in [0.25, 0.3) is 11.1 Å². The molecule has 2 saturated heterocycles. The Bertz CT molecular complexity index is 1260. The van der Waals surface area contributed by atoms with E-state index in [9.17, 15) is 14.0 Å². The Morgan fingerprint density at radius 3 is 2.77 bits per heavy atom. The van der Waals surface area contributed by atoms with Gasteiger partial charge in [-0.2, -0.15) is 5.10 Å². The molecule has 0 aliphatic carbocycles. The van der Waals surface area contributed by atoms with E-state index < -0.39 is 5.91 Å². The van der Waals surface area contributed by atoms with Crippen molar-refractivity contribution >= 4 is 34.9 Å². The number of carbonyl (C=O) groups is 2. The highest BCUT2D eigenvalue weighted by molar-refractivity contribution is 8.18. The van der Waals surface area contributed by atoms with Crippen LogP contribution in [0.3, 0.4) is 0 Å². The molecule has 0 aromatic carbocycles. The molecule has 5 heterocycles. The van der Waals surface area contributed by atoms with Crippen molar-refractivity contribution in [1.82, 2.24) is 35.8 Å². The zero-order chi connectivity index (χ0) is 24.2. The molecule has 3 aromatic rings. The number of amides is 2. The number of nitrogens with zero attached hydrogens (tertiary/aromatic N) is 5. The first-order chi connectivity index (χ1) is 17.0. The van der Waals surface area contributed by atoms with Crippen molar-refractivity contribution in [3.05, 3.63) is 58.8 Å². The molecule has 35 heavy (non-hydrogen) atoms. The van der Waals surface area contributed by atoms with Crippen LogP contribution in [-0.2, 0) is 11.3 Å². The van der Waals surface area contributed by atoms with Crippen LogP contribution in [0, 0.1) is 11.7 Å². The molecule has 3 N–H and O–H groups in total. The number of hydrogen-bond donors (Lipinski definition) is 3. The maximum Gasteiger partial charge on any atom is 0.290 e. The first-order valence-corrected chi connectivity index (χ1v) is 12.0. The Balaban J connectivity index is 1.12. The first-order valence-electron chi connectivity index (χ1n) is 11.2. The molecule has 2 aliphatic rings. The van der Waals surface area contributed by atoms with E-state index in [1.54, 1.807) is 30.6 Å². The summed E-state index contributed by atoms with van der Waals surface area (Å²) in [5, 5.41) is 12.0. The van der Waals surface area contributed by atoms with Crippen molar-refractivity contribution in [2.75, 3.05) is 24.5 Å². The largest absolute Gasteiger partial charge is 0.341 e. The van der Waals surface area contributed by atoms with Gasteiger partial charge in [0, 0.05) is 38.1 Å². The fourth-order valence-electron chi connectivity index (χ4n) is 4.07. The Morgan fingerprint density at radius 1 is 1.17 bits per heavy atom. The molecule has 0 spiro atoms. The van der Waals surface area contributed by atoms with Crippen LogP contribution >= 0.6 is 11.8 Å². The second-order valence-electron chi connectivity index (χ2n) is 8.33. The van der Waals surface area contributed by atoms with E-state index in [1.165, 1.54) is 12.1 Å². The number of thioether (sulfide) groups is 1. The van der Waals surface area contributed by atoms with Gasteiger partial charge >= 0.3 is 0 Å². The monoisotopic (exact) mass is 494 g/mol. The number of imide groups is 1. The third-order valence-corrected chi connectivity index (χ3v) is 6.65. The molecule has 180 valence electrons. The SMILES string of the molecule is O=C1NC(=O)/C(=C\c2ccnc(N3CCC(CNCc4cc(F)cc(-c5ccn[nH]5)n4)CC3)n2)S1. The number of halogens is 1. The van der Waals surface area contributed by atoms with Crippen LogP contribution in [0.2, 0.25) is 0 Å². The maximum absolute atomic E-state index is 14.0. The molecular formula is C23H23FN8O2S. The highest BCUT2D eigenvalue weighted by atomic mass is 32.2. The number of nitrogens with one attached hydrogen (secondary N) is 3. The zero-order valence-electron chi connectivity index (χ0n) is 18.7.